The van der Waals surface area contributed by atoms with Gasteiger partial charge in [0.25, 0.3) is 0 Å². The minimum Gasteiger partial charge on any atom is -0.319 e. The van der Waals surface area contributed by atoms with Gasteiger partial charge in [0.05, 0.1) is 5.69 Å². The number of hydrogen-bond acceptors (Lipinski definition) is 1. The number of rotatable bonds is 1. The topological polar surface area (TPSA) is 22.0 Å². The lowest BCUT2D eigenvalue weighted by atomic mass is 9.97. The number of Topliss-reactive ketones (excluding diaryl/α,β-unsaturated/α-hetero) is 1. The predicted molar refractivity (Wildman–Crippen MR) is 75.7 cm³/mol. The fraction of sp³-hybridized carbons (Fsp3) is 0.214. The molecule has 1 aromatic carbocycles. The molecular weight excluding hydrogens is 314 g/mol. The van der Waals surface area contributed by atoms with Crippen LogP contribution < -0.4 is 0 Å². The second-order valence-electron chi connectivity index (χ2n) is 4.42. The van der Waals surface area contributed by atoms with Crippen molar-refractivity contribution >= 4 is 33.3 Å². The lowest BCUT2D eigenvalue weighted by Crippen LogP contribution is -2.12. The fourth-order valence-corrected chi connectivity index (χ4v) is 3.03. The van der Waals surface area contributed by atoms with E-state index in [1.54, 1.807) is 0 Å². The van der Waals surface area contributed by atoms with Crippen molar-refractivity contribution in [3.05, 3.63) is 51.2 Å². The standard InChI is InChI=1S/C14H11BrClNO/c15-11-5-4-9(16)8-13(11)17-7-6-10-12(17)2-1-3-14(10)18/h4-8H,1-3H2. The molecule has 0 saturated heterocycles. The maximum absolute atomic E-state index is 11.8. The molecule has 0 aliphatic heterocycles. The van der Waals surface area contributed by atoms with Crippen LogP contribution >= 0.6 is 27.5 Å². The number of hydrogen-bond donors (Lipinski definition) is 0. The number of fused-ring (bicyclic) bond motifs is 1. The molecule has 0 bridgehead atoms. The largest absolute Gasteiger partial charge is 0.319 e. The number of carbonyl (C=O) groups excluding carboxylic acids is 1. The Balaban J connectivity index is 2.18. The van der Waals surface area contributed by atoms with Gasteiger partial charge in [-0.05, 0) is 53.0 Å². The summed E-state index contributed by atoms with van der Waals surface area (Å²) >= 11 is 9.57. The Morgan fingerprint density at radius 3 is 2.89 bits per heavy atom. The van der Waals surface area contributed by atoms with Gasteiger partial charge in [0.1, 0.15) is 0 Å². The van der Waals surface area contributed by atoms with Crippen molar-refractivity contribution in [3.8, 4) is 5.69 Å². The summed E-state index contributed by atoms with van der Waals surface area (Å²) in [5, 5.41) is 0.692. The highest BCUT2D eigenvalue weighted by Gasteiger charge is 2.21. The smallest absolute Gasteiger partial charge is 0.164 e. The number of ketones is 1. The van der Waals surface area contributed by atoms with Crippen molar-refractivity contribution in [3.63, 3.8) is 0 Å². The first-order valence-electron chi connectivity index (χ1n) is 5.85. The molecule has 0 spiro atoms. The van der Waals surface area contributed by atoms with Crippen molar-refractivity contribution in [2.24, 2.45) is 0 Å². The molecule has 1 aliphatic carbocycles. The van der Waals surface area contributed by atoms with E-state index in [4.69, 9.17) is 11.6 Å². The van der Waals surface area contributed by atoms with Gasteiger partial charge < -0.3 is 4.57 Å². The molecule has 1 heterocycles. The molecule has 0 radical (unpaired) electrons. The summed E-state index contributed by atoms with van der Waals surface area (Å²) in [6, 6.07) is 7.58. The Kier molecular flexibility index (Phi) is 3.04. The van der Waals surface area contributed by atoms with E-state index >= 15 is 0 Å². The van der Waals surface area contributed by atoms with Crippen LogP contribution in [-0.4, -0.2) is 10.4 Å². The maximum atomic E-state index is 11.8. The van der Waals surface area contributed by atoms with Gasteiger partial charge >= 0.3 is 0 Å². The van der Waals surface area contributed by atoms with E-state index in [2.05, 4.69) is 20.5 Å². The molecule has 0 N–H and O–H groups in total. The highest BCUT2D eigenvalue weighted by molar-refractivity contribution is 9.10. The number of carbonyl (C=O) groups is 1. The number of nitrogens with zero attached hydrogens (tertiary/aromatic N) is 1. The summed E-state index contributed by atoms with van der Waals surface area (Å²) in [5.41, 5.74) is 2.93. The Hall–Kier alpha value is -1.06. The van der Waals surface area contributed by atoms with Crippen molar-refractivity contribution in [1.29, 1.82) is 0 Å². The van der Waals surface area contributed by atoms with E-state index in [-0.39, 0.29) is 5.78 Å². The second kappa shape index (κ2) is 4.56. The minimum atomic E-state index is 0.244. The van der Waals surface area contributed by atoms with Gasteiger partial charge in [0, 0.05) is 33.4 Å². The zero-order chi connectivity index (χ0) is 12.7. The van der Waals surface area contributed by atoms with E-state index in [0.29, 0.717) is 11.4 Å². The third-order valence-electron chi connectivity index (χ3n) is 3.28. The molecule has 92 valence electrons. The zero-order valence-electron chi connectivity index (χ0n) is 9.62. The Morgan fingerprint density at radius 1 is 1.22 bits per heavy atom. The molecule has 2 nitrogen and oxygen atoms in total. The third-order valence-corrected chi connectivity index (χ3v) is 4.18. The quantitative estimate of drug-likeness (QED) is 0.761. The highest BCUT2D eigenvalue weighted by atomic mass is 79.9. The minimum absolute atomic E-state index is 0.244. The van der Waals surface area contributed by atoms with Gasteiger partial charge in [-0.15, -0.1) is 0 Å². The van der Waals surface area contributed by atoms with Gasteiger partial charge in [-0.1, -0.05) is 11.6 Å². The lowest BCUT2D eigenvalue weighted by Gasteiger charge is -2.16. The average Bonchev–Trinajstić information content (AvgIpc) is 2.77. The zero-order valence-corrected chi connectivity index (χ0v) is 12.0. The molecule has 18 heavy (non-hydrogen) atoms. The molecule has 2 aromatic rings. The van der Waals surface area contributed by atoms with Gasteiger partial charge in [-0.2, -0.15) is 0 Å². The molecule has 1 aliphatic rings. The summed E-state index contributed by atoms with van der Waals surface area (Å²) in [7, 11) is 0. The van der Waals surface area contributed by atoms with Crippen molar-refractivity contribution in [1.82, 2.24) is 4.57 Å². The van der Waals surface area contributed by atoms with Crippen LogP contribution in [0.15, 0.2) is 34.9 Å². The summed E-state index contributed by atoms with van der Waals surface area (Å²) in [6.45, 7) is 0. The van der Waals surface area contributed by atoms with E-state index in [1.807, 2.05) is 30.5 Å². The monoisotopic (exact) mass is 323 g/mol. The Labute approximate surface area is 119 Å². The van der Waals surface area contributed by atoms with E-state index < -0.39 is 0 Å². The first kappa shape index (κ1) is 12.0. The van der Waals surface area contributed by atoms with Crippen LogP contribution in [0.1, 0.15) is 28.9 Å². The molecule has 0 atom stereocenters. The van der Waals surface area contributed by atoms with Crippen LogP contribution in [-0.2, 0) is 6.42 Å². The third kappa shape index (κ3) is 1.91. The predicted octanol–water partition coefficient (Wildman–Crippen LogP) is 4.41. The van der Waals surface area contributed by atoms with Crippen LogP contribution in [0.2, 0.25) is 5.02 Å². The highest BCUT2D eigenvalue weighted by Crippen LogP contribution is 2.30. The van der Waals surface area contributed by atoms with Crippen LogP contribution in [0, 0.1) is 0 Å². The molecule has 4 heteroatoms. The molecule has 0 amide bonds. The van der Waals surface area contributed by atoms with E-state index in [9.17, 15) is 4.79 Å². The molecular formula is C14H11BrClNO. The average molecular weight is 325 g/mol. The molecule has 1 aromatic heterocycles. The summed E-state index contributed by atoms with van der Waals surface area (Å²) in [6.07, 6.45) is 4.47. The first-order valence-corrected chi connectivity index (χ1v) is 7.03. The molecule has 0 fully saturated rings. The van der Waals surface area contributed by atoms with Crippen molar-refractivity contribution in [2.75, 3.05) is 0 Å². The van der Waals surface area contributed by atoms with Crippen LogP contribution in [0.5, 0.6) is 0 Å². The van der Waals surface area contributed by atoms with Crippen LogP contribution in [0.3, 0.4) is 0 Å². The van der Waals surface area contributed by atoms with Crippen molar-refractivity contribution in [2.45, 2.75) is 19.3 Å². The summed E-state index contributed by atoms with van der Waals surface area (Å²) < 4.78 is 3.03. The molecule has 0 unspecified atom stereocenters. The van der Waals surface area contributed by atoms with Gasteiger partial charge in [0.2, 0.25) is 0 Å². The Morgan fingerprint density at radius 2 is 2.06 bits per heavy atom. The van der Waals surface area contributed by atoms with Gasteiger partial charge in [-0.3, -0.25) is 4.79 Å². The number of benzene rings is 1. The van der Waals surface area contributed by atoms with E-state index in [1.165, 1.54) is 0 Å². The number of halogens is 2. The van der Waals surface area contributed by atoms with Gasteiger partial charge in [-0.25, -0.2) is 0 Å². The van der Waals surface area contributed by atoms with Gasteiger partial charge in [0.15, 0.2) is 5.78 Å². The second-order valence-corrected chi connectivity index (χ2v) is 5.71. The van der Waals surface area contributed by atoms with Crippen molar-refractivity contribution < 1.29 is 4.79 Å². The first-order chi connectivity index (χ1) is 8.66. The fourth-order valence-electron chi connectivity index (χ4n) is 2.42. The summed E-state index contributed by atoms with van der Waals surface area (Å²) in [5.74, 6) is 0.244. The normalized spacial score (nSPS) is 14.7. The number of aromatic nitrogens is 1. The molecule has 0 saturated carbocycles. The Bertz CT molecular complexity index is 633. The summed E-state index contributed by atoms with van der Waals surface area (Å²) in [4.78, 5) is 11.8. The lowest BCUT2D eigenvalue weighted by molar-refractivity contribution is 0.0972. The maximum Gasteiger partial charge on any atom is 0.164 e. The molecule has 3 rings (SSSR count). The van der Waals surface area contributed by atoms with Crippen LogP contribution in [0.4, 0.5) is 0 Å². The van der Waals surface area contributed by atoms with Crippen LogP contribution in [0.25, 0.3) is 5.69 Å². The van der Waals surface area contributed by atoms with E-state index in [0.717, 1.165) is 34.3 Å². The SMILES string of the molecule is O=C1CCCc2c1ccn2-c1cc(Cl)ccc1Br.